The normalized spacial score (nSPS) is 11.4. The molecule has 0 saturated carbocycles. The molecule has 1 rings (SSSR count). The van der Waals surface area contributed by atoms with Gasteiger partial charge in [-0.1, -0.05) is 23.7 Å². The van der Waals surface area contributed by atoms with E-state index in [0.29, 0.717) is 11.6 Å². The van der Waals surface area contributed by atoms with E-state index in [2.05, 4.69) is 9.46 Å². The molecule has 1 aromatic carbocycles. The zero-order chi connectivity index (χ0) is 16.4. The molecule has 8 heteroatoms. The number of esters is 1. The highest BCUT2D eigenvalue weighted by atomic mass is 35.5. The molecule has 0 spiro atoms. The Morgan fingerprint density at radius 3 is 2.55 bits per heavy atom. The molecule has 1 aromatic rings. The molecule has 0 aliphatic carbocycles. The summed E-state index contributed by atoms with van der Waals surface area (Å²) in [5, 5.41) is 0.686. The van der Waals surface area contributed by atoms with Gasteiger partial charge in [0.25, 0.3) is 0 Å². The molecule has 0 aliphatic heterocycles. The SMILES string of the molecule is COC(=O)CCS(=O)(=O)NCCOCCc1ccc(Cl)cc1. The van der Waals surface area contributed by atoms with Gasteiger partial charge in [-0.15, -0.1) is 0 Å². The maximum absolute atomic E-state index is 11.6. The molecule has 0 amide bonds. The Labute approximate surface area is 135 Å². The smallest absolute Gasteiger partial charge is 0.306 e. The second-order valence-electron chi connectivity index (χ2n) is 4.53. The molecular formula is C14H20ClNO5S. The van der Waals surface area contributed by atoms with Crippen LogP contribution in [0, 0.1) is 0 Å². The van der Waals surface area contributed by atoms with E-state index in [1.54, 1.807) is 0 Å². The third-order valence-electron chi connectivity index (χ3n) is 2.82. The molecule has 0 aromatic heterocycles. The van der Waals surface area contributed by atoms with Crippen molar-refractivity contribution in [2.24, 2.45) is 0 Å². The quantitative estimate of drug-likeness (QED) is 0.510. The molecular weight excluding hydrogens is 330 g/mol. The molecule has 1 N–H and O–H groups in total. The summed E-state index contributed by atoms with van der Waals surface area (Å²) in [6, 6.07) is 7.46. The van der Waals surface area contributed by atoms with Crippen LogP contribution < -0.4 is 4.72 Å². The Balaban J connectivity index is 2.11. The van der Waals surface area contributed by atoms with Crippen LogP contribution in [0.3, 0.4) is 0 Å². The summed E-state index contributed by atoms with van der Waals surface area (Å²) in [7, 11) is -2.26. The number of carbonyl (C=O) groups is 1. The van der Waals surface area contributed by atoms with Crippen molar-refractivity contribution < 1.29 is 22.7 Å². The van der Waals surface area contributed by atoms with Crippen LogP contribution in [0.1, 0.15) is 12.0 Å². The lowest BCUT2D eigenvalue weighted by molar-refractivity contribution is -0.140. The van der Waals surface area contributed by atoms with Crippen LogP contribution in [0.25, 0.3) is 0 Å². The van der Waals surface area contributed by atoms with Gasteiger partial charge < -0.3 is 9.47 Å². The summed E-state index contributed by atoms with van der Waals surface area (Å²) in [5.41, 5.74) is 1.10. The van der Waals surface area contributed by atoms with E-state index in [1.165, 1.54) is 7.11 Å². The fourth-order valence-electron chi connectivity index (χ4n) is 1.60. The van der Waals surface area contributed by atoms with Crippen LogP contribution in [0.15, 0.2) is 24.3 Å². The molecule has 0 bridgehead atoms. The summed E-state index contributed by atoms with van der Waals surface area (Å²) in [5.74, 6) is -0.839. The second-order valence-corrected chi connectivity index (χ2v) is 6.89. The fourth-order valence-corrected chi connectivity index (χ4v) is 2.70. The second kappa shape index (κ2) is 9.78. The van der Waals surface area contributed by atoms with E-state index < -0.39 is 16.0 Å². The first kappa shape index (κ1) is 18.9. The molecule has 0 unspecified atom stereocenters. The van der Waals surface area contributed by atoms with E-state index >= 15 is 0 Å². The zero-order valence-electron chi connectivity index (χ0n) is 12.4. The number of rotatable bonds is 10. The highest BCUT2D eigenvalue weighted by Crippen LogP contribution is 2.09. The number of halogens is 1. The minimum absolute atomic E-state index is 0.163. The highest BCUT2D eigenvalue weighted by Gasteiger charge is 2.12. The molecule has 22 heavy (non-hydrogen) atoms. The number of sulfonamides is 1. The van der Waals surface area contributed by atoms with E-state index in [0.717, 1.165) is 12.0 Å². The molecule has 0 fully saturated rings. The van der Waals surface area contributed by atoms with Crippen LogP contribution in [-0.2, 0) is 30.7 Å². The largest absolute Gasteiger partial charge is 0.469 e. The Morgan fingerprint density at radius 1 is 1.23 bits per heavy atom. The topological polar surface area (TPSA) is 81.7 Å². The molecule has 0 heterocycles. The van der Waals surface area contributed by atoms with Crippen molar-refractivity contribution in [2.45, 2.75) is 12.8 Å². The fraction of sp³-hybridized carbons (Fsp3) is 0.500. The van der Waals surface area contributed by atoms with Gasteiger partial charge in [0.15, 0.2) is 0 Å². The molecule has 0 radical (unpaired) electrons. The number of methoxy groups -OCH3 is 1. The Morgan fingerprint density at radius 2 is 1.91 bits per heavy atom. The molecule has 0 saturated heterocycles. The van der Waals surface area contributed by atoms with Gasteiger partial charge in [0.05, 0.1) is 32.5 Å². The molecule has 124 valence electrons. The number of hydrogen-bond acceptors (Lipinski definition) is 5. The molecule has 0 aliphatic rings. The number of benzene rings is 1. The summed E-state index contributed by atoms with van der Waals surface area (Å²) in [4.78, 5) is 10.9. The van der Waals surface area contributed by atoms with E-state index in [-0.39, 0.29) is 25.3 Å². The van der Waals surface area contributed by atoms with Crippen LogP contribution >= 0.6 is 11.6 Å². The van der Waals surface area contributed by atoms with Gasteiger partial charge in [0, 0.05) is 11.6 Å². The van der Waals surface area contributed by atoms with Crippen molar-refractivity contribution in [2.75, 3.05) is 32.6 Å². The van der Waals surface area contributed by atoms with Crippen LogP contribution in [-0.4, -0.2) is 47.0 Å². The van der Waals surface area contributed by atoms with E-state index in [4.69, 9.17) is 16.3 Å². The Kier molecular flexibility index (Phi) is 8.40. The maximum atomic E-state index is 11.6. The third kappa shape index (κ3) is 8.33. The first-order valence-electron chi connectivity index (χ1n) is 6.79. The summed E-state index contributed by atoms with van der Waals surface area (Å²) >= 11 is 5.79. The van der Waals surface area contributed by atoms with Crippen molar-refractivity contribution in [1.29, 1.82) is 0 Å². The van der Waals surface area contributed by atoms with Crippen molar-refractivity contribution in [1.82, 2.24) is 4.72 Å². The summed E-state index contributed by atoms with van der Waals surface area (Å²) in [6.07, 6.45) is 0.565. The van der Waals surface area contributed by atoms with Crippen molar-refractivity contribution in [3.05, 3.63) is 34.9 Å². The Hall–Kier alpha value is -1.15. The Bertz CT molecular complexity index is 559. The van der Waals surface area contributed by atoms with Crippen LogP contribution in [0.4, 0.5) is 0 Å². The highest BCUT2D eigenvalue weighted by molar-refractivity contribution is 7.89. The average molecular weight is 350 g/mol. The third-order valence-corrected chi connectivity index (χ3v) is 4.46. The number of hydrogen-bond donors (Lipinski definition) is 1. The average Bonchev–Trinajstić information content (AvgIpc) is 2.50. The number of ether oxygens (including phenoxy) is 2. The number of nitrogens with one attached hydrogen (secondary N) is 1. The number of carbonyl (C=O) groups excluding carboxylic acids is 1. The van der Waals surface area contributed by atoms with E-state index in [9.17, 15) is 13.2 Å². The van der Waals surface area contributed by atoms with Crippen molar-refractivity contribution in [3.63, 3.8) is 0 Å². The predicted octanol–water partition coefficient (Wildman–Crippen LogP) is 1.38. The zero-order valence-corrected chi connectivity index (χ0v) is 14.0. The summed E-state index contributed by atoms with van der Waals surface area (Å²) < 4.78 is 35.2. The van der Waals surface area contributed by atoms with Gasteiger partial charge in [0.2, 0.25) is 10.0 Å². The van der Waals surface area contributed by atoms with E-state index in [1.807, 2.05) is 24.3 Å². The lowest BCUT2D eigenvalue weighted by Gasteiger charge is -2.07. The molecule has 0 atom stereocenters. The van der Waals surface area contributed by atoms with Gasteiger partial charge in [-0.25, -0.2) is 13.1 Å². The summed E-state index contributed by atoms with van der Waals surface area (Å²) in [6.45, 7) is 0.931. The minimum Gasteiger partial charge on any atom is -0.469 e. The predicted molar refractivity (Wildman–Crippen MR) is 84.4 cm³/mol. The first-order valence-corrected chi connectivity index (χ1v) is 8.82. The van der Waals surface area contributed by atoms with Gasteiger partial charge in [0.1, 0.15) is 0 Å². The first-order chi connectivity index (χ1) is 10.4. The van der Waals surface area contributed by atoms with Crippen molar-refractivity contribution >= 4 is 27.6 Å². The monoisotopic (exact) mass is 349 g/mol. The lowest BCUT2D eigenvalue weighted by Crippen LogP contribution is -2.30. The lowest BCUT2D eigenvalue weighted by atomic mass is 10.2. The van der Waals surface area contributed by atoms with Gasteiger partial charge in [-0.05, 0) is 24.1 Å². The minimum atomic E-state index is -3.48. The standard InChI is InChI=1S/C14H20ClNO5S/c1-20-14(17)7-11-22(18,19)16-8-10-21-9-6-12-2-4-13(15)5-3-12/h2-5,16H,6-11H2,1H3. The van der Waals surface area contributed by atoms with Gasteiger partial charge in [-0.3, -0.25) is 4.79 Å². The van der Waals surface area contributed by atoms with Gasteiger partial charge in [-0.2, -0.15) is 0 Å². The van der Waals surface area contributed by atoms with Crippen LogP contribution in [0.2, 0.25) is 5.02 Å². The maximum Gasteiger partial charge on any atom is 0.306 e. The van der Waals surface area contributed by atoms with Gasteiger partial charge >= 0.3 is 5.97 Å². The van der Waals surface area contributed by atoms with Crippen molar-refractivity contribution in [3.8, 4) is 0 Å². The molecule has 6 nitrogen and oxygen atoms in total. The van der Waals surface area contributed by atoms with Crippen LogP contribution in [0.5, 0.6) is 0 Å².